The molecule has 1 unspecified atom stereocenters. The van der Waals surface area contributed by atoms with Crippen molar-refractivity contribution in [2.75, 3.05) is 13.1 Å². The van der Waals surface area contributed by atoms with Gasteiger partial charge in [0, 0.05) is 0 Å². The molecule has 3 rings (SSSR count). The van der Waals surface area contributed by atoms with Crippen LogP contribution in [-0.4, -0.2) is 34.2 Å². The summed E-state index contributed by atoms with van der Waals surface area (Å²) in [7, 11) is 0. The highest BCUT2D eigenvalue weighted by Crippen LogP contribution is 2.31. The number of halogens is 3. The third kappa shape index (κ3) is 3.67. The molecule has 0 amide bonds. The van der Waals surface area contributed by atoms with Crippen molar-refractivity contribution in [2.24, 2.45) is 5.92 Å². The maximum Gasteiger partial charge on any atom is 0.416 e. The van der Waals surface area contributed by atoms with E-state index < -0.39 is 11.7 Å². The lowest BCUT2D eigenvalue weighted by molar-refractivity contribution is -0.137. The second-order valence-electron chi connectivity index (χ2n) is 6.14. The van der Waals surface area contributed by atoms with Gasteiger partial charge in [-0.05, 0) is 57.0 Å². The van der Waals surface area contributed by atoms with Crippen molar-refractivity contribution in [1.29, 1.82) is 0 Å². The Balaban J connectivity index is 1.70. The van der Waals surface area contributed by atoms with Gasteiger partial charge < -0.3 is 9.52 Å². The minimum Gasteiger partial charge on any atom is -0.439 e. The van der Waals surface area contributed by atoms with Gasteiger partial charge in [-0.25, -0.2) is 4.98 Å². The summed E-state index contributed by atoms with van der Waals surface area (Å²) in [6.07, 6.45) is -2.88. The average molecular weight is 328 g/mol. The van der Waals surface area contributed by atoms with Gasteiger partial charge in [0.2, 0.25) is 5.89 Å². The predicted octanol–water partition coefficient (Wildman–Crippen LogP) is 3.44. The van der Waals surface area contributed by atoms with E-state index in [2.05, 4.69) is 9.88 Å². The second-order valence-corrected chi connectivity index (χ2v) is 6.14. The number of nitrogens with zero attached hydrogens (tertiary/aromatic N) is 2. The summed E-state index contributed by atoms with van der Waals surface area (Å²) < 4.78 is 43.7. The van der Waals surface area contributed by atoms with E-state index in [1.54, 1.807) is 6.92 Å². The highest BCUT2D eigenvalue weighted by Gasteiger charge is 2.31. The zero-order valence-electron chi connectivity index (χ0n) is 12.8. The van der Waals surface area contributed by atoms with Crippen molar-refractivity contribution in [1.82, 2.24) is 9.88 Å². The number of fused-ring (bicyclic) bond motifs is 1. The van der Waals surface area contributed by atoms with E-state index >= 15 is 0 Å². The van der Waals surface area contributed by atoms with Gasteiger partial charge in [0.05, 0.1) is 18.2 Å². The number of hydrogen-bond donors (Lipinski definition) is 1. The van der Waals surface area contributed by atoms with Crippen molar-refractivity contribution in [3.05, 3.63) is 29.7 Å². The molecular weight excluding hydrogens is 309 g/mol. The van der Waals surface area contributed by atoms with E-state index in [1.807, 2.05) is 0 Å². The summed E-state index contributed by atoms with van der Waals surface area (Å²) in [5, 5.41) is 9.60. The van der Waals surface area contributed by atoms with Gasteiger partial charge in [-0.3, -0.25) is 4.90 Å². The molecule has 0 radical (unpaired) electrons. The molecule has 1 N–H and O–H groups in total. The minimum atomic E-state index is -4.38. The van der Waals surface area contributed by atoms with E-state index in [-0.39, 0.29) is 11.6 Å². The van der Waals surface area contributed by atoms with Crippen LogP contribution in [0.4, 0.5) is 13.2 Å². The molecule has 7 heteroatoms. The van der Waals surface area contributed by atoms with Gasteiger partial charge in [0.1, 0.15) is 5.52 Å². The first-order chi connectivity index (χ1) is 10.8. The van der Waals surface area contributed by atoms with Crippen molar-refractivity contribution in [3.63, 3.8) is 0 Å². The SMILES string of the molecule is CC(O)C1CCN(Cc2nc3cc(C(F)(F)F)ccc3o2)CC1. The molecule has 0 spiro atoms. The molecule has 0 aliphatic carbocycles. The Labute approximate surface area is 131 Å². The number of alkyl halides is 3. The Morgan fingerprint density at radius 3 is 2.65 bits per heavy atom. The summed E-state index contributed by atoms with van der Waals surface area (Å²) in [6.45, 7) is 3.92. The van der Waals surface area contributed by atoms with E-state index in [1.165, 1.54) is 6.07 Å². The Hall–Kier alpha value is -1.60. The summed E-state index contributed by atoms with van der Waals surface area (Å²) in [5.74, 6) is 0.735. The quantitative estimate of drug-likeness (QED) is 0.938. The largest absolute Gasteiger partial charge is 0.439 e. The van der Waals surface area contributed by atoms with Crippen LogP contribution in [0.5, 0.6) is 0 Å². The summed E-state index contributed by atoms with van der Waals surface area (Å²) >= 11 is 0. The third-order valence-electron chi connectivity index (χ3n) is 4.43. The number of hydrogen-bond acceptors (Lipinski definition) is 4. The lowest BCUT2D eigenvalue weighted by atomic mass is 9.92. The lowest BCUT2D eigenvalue weighted by Gasteiger charge is -2.32. The molecule has 1 saturated heterocycles. The van der Waals surface area contributed by atoms with Gasteiger partial charge in [-0.2, -0.15) is 13.2 Å². The van der Waals surface area contributed by atoms with Crippen LogP contribution in [0.1, 0.15) is 31.2 Å². The molecule has 1 aliphatic rings. The monoisotopic (exact) mass is 328 g/mol. The maximum absolute atomic E-state index is 12.7. The Bertz CT molecular complexity index is 674. The molecule has 0 saturated carbocycles. The molecule has 23 heavy (non-hydrogen) atoms. The van der Waals surface area contributed by atoms with Gasteiger partial charge in [0.25, 0.3) is 0 Å². The topological polar surface area (TPSA) is 49.5 Å². The highest BCUT2D eigenvalue weighted by molar-refractivity contribution is 5.73. The number of oxazole rings is 1. The first kappa shape index (κ1) is 16.3. The molecular formula is C16H19F3N2O2. The van der Waals surface area contributed by atoms with Crippen molar-refractivity contribution in [3.8, 4) is 0 Å². The minimum absolute atomic E-state index is 0.230. The van der Waals surface area contributed by atoms with Crippen LogP contribution in [-0.2, 0) is 12.7 Å². The number of likely N-dealkylation sites (tertiary alicyclic amines) is 1. The zero-order chi connectivity index (χ0) is 16.6. The first-order valence-electron chi connectivity index (χ1n) is 7.70. The average Bonchev–Trinajstić information content (AvgIpc) is 2.88. The fourth-order valence-corrected chi connectivity index (χ4v) is 3.00. The number of rotatable bonds is 3. The molecule has 1 aromatic heterocycles. The van der Waals surface area contributed by atoms with Crippen molar-refractivity contribution in [2.45, 2.75) is 38.6 Å². The molecule has 2 heterocycles. The number of aliphatic hydroxyl groups excluding tert-OH is 1. The van der Waals surface area contributed by atoms with Crippen LogP contribution >= 0.6 is 0 Å². The highest BCUT2D eigenvalue weighted by atomic mass is 19.4. The van der Waals surface area contributed by atoms with Crippen LogP contribution in [0, 0.1) is 5.92 Å². The van der Waals surface area contributed by atoms with Crippen LogP contribution < -0.4 is 0 Å². The second kappa shape index (κ2) is 6.13. The van der Waals surface area contributed by atoms with Gasteiger partial charge in [-0.15, -0.1) is 0 Å². The summed E-state index contributed by atoms with van der Waals surface area (Å²) in [5.41, 5.74) is -0.122. The Morgan fingerprint density at radius 2 is 2.04 bits per heavy atom. The van der Waals surface area contributed by atoms with E-state index in [9.17, 15) is 18.3 Å². The van der Waals surface area contributed by atoms with Crippen LogP contribution in [0.15, 0.2) is 22.6 Å². The molecule has 1 fully saturated rings. The summed E-state index contributed by atoms with van der Waals surface area (Å²) in [4.78, 5) is 6.32. The molecule has 126 valence electrons. The smallest absolute Gasteiger partial charge is 0.416 e. The normalized spacial score (nSPS) is 19.3. The predicted molar refractivity (Wildman–Crippen MR) is 78.7 cm³/mol. The van der Waals surface area contributed by atoms with Crippen molar-refractivity contribution >= 4 is 11.1 Å². The van der Waals surface area contributed by atoms with Gasteiger partial charge in [0.15, 0.2) is 5.58 Å². The number of benzene rings is 1. The van der Waals surface area contributed by atoms with Crippen LogP contribution in [0.2, 0.25) is 0 Å². The Kier molecular flexibility index (Phi) is 4.33. The fraction of sp³-hybridized carbons (Fsp3) is 0.562. The molecule has 1 aromatic carbocycles. The Morgan fingerprint density at radius 1 is 1.35 bits per heavy atom. The van der Waals surface area contributed by atoms with Crippen molar-refractivity contribution < 1.29 is 22.7 Å². The number of aromatic nitrogens is 1. The van der Waals surface area contributed by atoms with Crippen LogP contribution in [0.25, 0.3) is 11.1 Å². The third-order valence-corrected chi connectivity index (χ3v) is 4.43. The molecule has 0 bridgehead atoms. The number of piperidine rings is 1. The van der Waals surface area contributed by atoms with E-state index in [0.29, 0.717) is 23.9 Å². The number of aliphatic hydroxyl groups is 1. The van der Waals surface area contributed by atoms with Gasteiger partial charge >= 0.3 is 6.18 Å². The zero-order valence-corrected chi connectivity index (χ0v) is 12.8. The van der Waals surface area contributed by atoms with Gasteiger partial charge in [-0.1, -0.05) is 0 Å². The molecule has 2 aromatic rings. The van der Waals surface area contributed by atoms with E-state index in [0.717, 1.165) is 38.1 Å². The van der Waals surface area contributed by atoms with Crippen LogP contribution in [0.3, 0.4) is 0 Å². The first-order valence-corrected chi connectivity index (χ1v) is 7.70. The standard InChI is InChI=1S/C16H19F3N2O2/c1-10(22)11-4-6-21(7-5-11)9-15-20-13-8-12(16(17,18)19)2-3-14(13)23-15/h2-3,8,10-11,22H,4-7,9H2,1H3. The fourth-order valence-electron chi connectivity index (χ4n) is 3.00. The molecule has 1 atom stereocenters. The molecule has 4 nitrogen and oxygen atoms in total. The summed E-state index contributed by atoms with van der Waals surface area (Å²) in [6, 6.07) is 3.34. The molecule has 1 aliphatic heterocycles. The maximum atomic E-state index is 12.7. The lowest BCUT2D eigenvalue weighted by Crippen LogP contribution is -2.36. The van der Waals surface area contributed by atoms with E-state index in [4.69, 9.17) is 4.42 Å².